The van der Waals surface area contributed by atoms with E-state index in [4.69, 9.17) is 5.11 Å². The average Bonchev–Trinajstić information content (AvgIpc) is 3.12. The molecule has 0 saturated heterocycles. The Morgan fingerprint density at radius 2 is 2.00 bits per heavy atom. The number of likely N-dealkylation sites (N-methyl/N-ethyl adjacent to an activating group) is 1. The summed E-state index contributed by atoms with van der Waals surface area (Å²) in [6, 6.07) is 0. The van der Waals surface area contributed by atoms with Crippen molar-refractivity contribution in [2.24, 2.45) is 0 Å². The lowest BCUT2D eigenvalue weighted by Gasteiger charge is -2.18. The van der Waals surface area contributed by atoms with Crippen LogP contribution in [-0.2, 0) is 11.3 Å². The van der Waals surface area contributed by atoms with E-state index in [1.807, 2.05) is 13.8 Å². The summed E-state index contributed by atoms with van der Waals surface area (Å²) in [6.07, 6.45) is 1.88. The van der Waals surface area contributed by atoms with Gasteiger partial charge in [0.2, 0.25) is 5.91 Å². The van der Waals surface area contributed by atoms with Crippen LogP contribution in [0.2, 0.25) is 0 Å². The van der Waals surface area contributed by atoms with Crippen molar-refractivity contribution >= 4 is 11.9 Å². The van der Waals surface area contributed by atoms with Gasteiger partial charge in [0.05, 0.1) is 5.69 Å². The zero-order valence-electron chi connectivity index (χ0n) is 11.2. The molecule has 1 N–H and O–H groups in total. The molecule has 19 heavy (non-hydrogen) atoms. The molecular weight excluding hydrogens is 248 g/mol. The van der Waals surface area contributed by atoms with Crippen LogP contribution in [0.15, 0.2) is 0 Å². The summed E-state index contributed by atoms with van der Waals surface area (Å²) < 4.78 is 1.45. The van der Waals surface area contributed by atoms with Gasteiger partial charge in [-0.05, 0) is 26.7 Å². The van der Waals surface area contributed by atoms with Crippen LogP contribution in [0.25, 0.3) is 0 Å². The zero-order chi connectivity index (χ0) is 14.0. The topological polar surface area (TPSA) is 88.3 Å². The summed E-state index contributed by atoms with van der Waals surface area (Å²) in [4.78, 5) is 24.8. The molecular formula is C12H18N4O3. The Bertz CT molecular complexity index is 489. The van der Waals surface area contributed by atoms with E-state index in [1.165, 1.54) is 4.68 Å². The van der Waals surface area contributed by atoms with Crippen LogP contribution in [0.5, 0.6) is 0 Å². The Morgan fingerprint density at radius 3 is 2.47 bits per heavy atom. The highest BCUT2D eigenvalue weighted by Crippen LogP contribution is 2.41. The molecule has 1 aliphatic carbocycles. The first-order valence-corrected chi connectivity index (χ1v) is 6.52. The number of nitrogens with zero attached hydrogens (tertiary/aromatic N) is 4. The summed E-state index contributed by atoms with van der Waals surface area (Å²) in [7, 11) is 0. The highest BCUT2D eigenvalue weighted by Gasteiger charge is 2.34. The Morgan fingerprint density at radius 1 is 1.37 bits per heavy atom. The standard InChI is InChI=1S/C12H18N4O3/c1-3-15(4-2)9(17)7-16-11(8-5-6-8)10(12(18)19)13-14-16/h8H,3-7H2,1-2H3,(H,18,19). The van der Waals surface area contributed by atoms with Crippen molar-refractivity contribution in [2.45, 2.75) is 39.2 Å². The predicted molar refractivity (Wildman–Crippen MR) is 66.9 cm³/mol. The van der Waals surface area contributed by atoms with E-state index in [0.717, 1.165) is 12.8 Å². The van der Waals surface area contributed by atoms with Gasteiger partial charge in [-0.15, -0.1) is 5.10 Å². The van der Waals surface area contributed by atoms with Crippen LogP contribution < -0.4 is 0 Å². The number of carboxylic acids is 1. The molecule has 104 valence electrons. The lowest BCUT2D eigenvalue weighted by atomic mass is 10.2. The third kappa shape index (κ3) is 2.74. The van der Waals surface area contributed by atoms with Gasteiger partial charge >= 0.3 is 5.97 Å². The van der Waals surface area contributed by atoms with Gasteiger partial charge in [-0.1, -0.05) is 5.21 Å². The lowest BCUT2D eigenvalue weighted by molar-refractivity contribution is -0.131. The van der Waals surface area contributed by atoms with E-state index in [9.17, 15) is 9.59 Å². The number of carbonyl (C=O) groups is 2. The predicted octanol–water partition coefficient (Wildman–Crippen LogP) is 0.722. The Balaban J connectivity index is 2.21. The molecule has 0 unspecified atom stereocenters. The Kier molecular flexibility index (Phi) is 3.82. The number of aromatic carboxylic acids is 1. The van der Waals surface area contributed by atoms with E-state index in [1.54, 1.807) is 4.90 Å². The van der Waals surface area contributed by atoms with Crippen LogP contribution in [0.4, 0.5) is 0 Å². The van der Waals surface area contributed by atoms with Crippen LogP contribution >= 0.6 is 0 Å². The Hall–Kier alpha value is -1.92. The second kappa shape index (κ2) is 5.38. The average molecular weight is 266 g/mol. The minimum atomic E-state index is -1.08. The van der Waals surface area contributed by atoms with Crippen molar-refractivity contribution in [3.63, 3.8) is 0 Å². The highest BCUT2D eigenvalue weighted by molar-refractivity contribution is 5.87. The van der Waals surface area contributed by atoms with Gasteiger partial charge in [0.1, 0.15) is 6.54 Å². The fourth-order valence-corrected chi connectivity index (χ4v) is 2.15. The van der Waals surface area contributed by atoms with E-state index in [-0.39, 0.29) is 24.1 Å². The van der Waals surface area contributed by atoms with Gasteiger partial charge in [0.25, 0.3) is 0 Å². The molecule has 0 spiro atoms. The zero-order valence-corrected chi connectivity index (χ0v) is 11.2. The molecule has 0 radical (unpaired) electrons. The van der Waals surface area contributed by atoms with E-state index in [2.05, 4.69) is 10.3 Å². The number of aromatic nitrogens is 3. The molecule has 1 aromatic heterocycles. The maximum atomic E-state index is 12.0. The molecule has 1 aliphatic rings. The molecule has 0 atom stereocenters. The SMILES string of the molecule is CCN(CC)C(=O)Cn1nnc(C(=O)O)c1C1CC1. The second-order valence-corrected chi connectivity index (χ2v) is 4.63. The molecule has 1 fully saturated rings. The summed E-state index contributed by atoms with van der Waals surface area (Å²) in [6.45, 7) is 5.15. The van der Waals surface area contributed by atoms with E-state index in [0.29, 0.717) is 18.8 Å². The molecule has 7 heteroatoms. The maximum Gasteiger partial charge on any atom is 0.358 e. The number of amides is 1. The molecule has 0 bridgehead atoms. The van der Waals surface area contributed by atoms with Gasteiger partial charge in [-0.25, -0.2) is 9.48 Å². The van der Waals surface area contributed by atoms with Crippen molar-refractivity contribution < 1.29 is 14.7 Å². The minimum Gasteiger partial charge on any atom is -0.476 e. The molecule has 1 saturated carbocycles. The van der Waals surface area contributed by atoms with Crippen molar-refractivity contribution in [2.75, 3.05) is 13.1 Å². The Labute approximate surface area is 111 Å². The quantitative estimate of drug-likeness (QED) is 0.819. The number of carboxylic acid groups (broad SMARTS) is 1. The first-order valence-electron chi connectivity index (χ1n) is 6.52. The number of hydrogen-bond donors (Lipinski definition) is 1. The van der Waals surface area contributed by atoms with Gasteiger partial charge in [-0.3, -0.25) is 4.79 Å². The molecule has 1 aromatic rings. The number of hydrogen-bond acceptors (Lipinski definition) is 4. The fraction of sp³-hybridized carbons (Fsp3) is 0.667. The van der Waals surface area contributed by atoms with Gasteiger partial charge in [0, 0.05) is 19.0 Å². The summed E-state index contributed by atoms with van der Waals surface area (Å²) in [5.74, 6) is -0.956. The van der Waals surface area contributed by atoms with Crippen LogP contribution in [-0.4, -0.2) is 50.0 Å². The van der Waals surface area contributed by atoms with Gasteiger partial charge in [-0.2, -0.15) is 0 Å². The van der Waals surface area contributed by atoms with Gasteiger partial charge in [0.15, 0.2) is 5.69 Å². The monoisotopic (exact) mass is 266 g/mol. The van der Waals surface area contributed by atoms with Crippen LogP contribution in [0, 0.1) is 0 Å². The molecule has 0 aliphatic heterocycles. The van der Waals surface area contributed by atoms with Crippen molar-refractivity contribution in [3.8, 4) is 0 Å². The fourth-order valence-electron chi connectivity index (χ4n) is 2.15. The van der Waals surface area contributed by atoms with Crippen molar-refractivity contribution in [1.82, 2.24) is 19.9 Å². The smallest absolute Gasteiger partial charge is 0.358 e. The molecule has 1 amide bonds. The molecule has 7 nitrogen and oxygen atoms in total. The normalized spacial score (nSPS) is 14.4. The van der Waals surface area contributed by atoms with Crippen LogP contribution in [0.3, 0.4) is 0 Å². The van der Waals surface area contributed by atoms with Crippen LogP contribution in [0.1, 0.15) is 48.8 Å². The summed E-state index contributed by atoms with van der Waals surface area (Å²) >= 11 is 0. The lowest BCUT2D eigenvalue weighted by Crippen LogP contribution is -2.34. The van der Waals surface area contributed by atoms with Gasteiger partial charge < -0.3 is 10.0 Å². The summed E-state index contributed by atoms with van der Waals surface area (Å²) in [5, 5.41) is 16.6. The van der Waals surface area contributed by atoms with Crippen molar-refractivity contribution in [1.29, 1.82) is 0 Å². The first kappa shape index (κ1) is 13.5. The third-order valence-electron chi connectivity index (χ3n) is 3.34. The van der Waals surface area contributed by atoms with Crippen molar-refractivity contribution in [3.05, 3.63) is 11.4 Å². The van der Waals surface area contributed by atoms with E-state index >= 15 is 0 Å². The van der Waals surface area contributed by atoms with E-state index < -0.39 is 5.97 Å². The summed E-state index contributed by atoms with van der Waals surface area (Å²) in [5.41, 5.74) is 0.572. The number of carbonyl (C=O) groups excluding carboxylic acids is 1. The minimum absolute atomic E-state index is 0.0187. The second-order valence-electron chi connectivity index (χ2n) is 4.63. The molecule has 2 rings (SSSR count). The highest BCUT2D eigenvalue weighted by atomic mass is 16.4. The molecule has 0 aromatic carbocycles. The maximum absolute atomic E-state index is 12.0. The number of rotatable bonds is 6. The largest absolute Gasteiger partial charge is 0.476 e. The first-order chi connectivity index (χ1) is 9.08. The third-order valence-corrected chi connectivity index (χ3v) is 3.34. The molecule has 1 heterocycles.